The van der Waals surface area contributed by atoms with E-state index in [1.165, 1.54) is 7.11 Å². The summed E-state index contributed by atoms with van der Waals surface area (Å²) in [6.07, 6.45) is 0.888. The van der Waals surface area contributed by atoms with Crippen molar-refractivity contribution in [1.82, 2.24) is 10.2 Å². The Labute approximate surface area is 198 Å². The number of nitrogens with zero attached hydrogens (tertiary/aromatic N) is 1. The molecule has 180 valence electrons. The summed E-state index contributed by atoms with van der Waals surface area (Å²) >= 11 is 0. The number of carbonyl (C=O) groups is 3. The third-order valence-electron chi connectivity index (χ3n) is 6.19. The van der Waals surface area contributed by atoms with Gasteiger partial charge < -0.3 is 29.7 Å². The number of hydrogen-bond acceptors (Lipinski definition) is 6. The van der Waals surface area contributed by atoms with E-state index in [1.807, 2.05) is 30.3 Å². The quantitative estimate of drug-likeness (QED) is 0.655. The molecule has 0 bridgehead atoms. The van der Waals surface area contributed by atoms with Crippen LogP contribution in [0.1, 0.15) is 35.2 Å². The van der Waals surface area contributed by atoms with E-state index >= 15 is 0 Å². The van der Waals surface area contributed by atoms with Crippen LogP contribution in [0.15, 0.2) is 48.5 Å². The molecule has 1 saturated heterocycles. The summed E-state index contributed by atoms with van der Waals surface area (Å²) in [4.78, 5) is 38.9. The van der Waals surface area contributed by atoms with Gasteiger partial charge in [0.05, 0.1) is 31.2 Å². The van der Waals surface area contributed by atoms with Crippen LogP contribution in [0.25, 0.3) is 0 Å². The van der Waals surface area contributed by atoms with E-state index in [0.29, 0.717) is 36.4 Å². The first-order valence-corrected chi connectivity index (χ1v) is 11.3. The molecule has 9 heteroatoms. The first-order chi connectivity index (χ1) is 16.4. The molecule has 2 aliphatic heterocycles. The van der Waals surface area contributed by atoms with Crippen molar-refractivity contribution in [1.29, 1.82) is 0 Å². The molecule has 2 N–H and O–H groups in total. The molecule has 0 spiro atoms. The second kappa shape index (κ2) is 10.6. The Morgan fingerprint density at radius 2 is 1.94 bits per heavy atom. The maximum Gasteiger partial charge on any atom is 0.319 e. The molecule has 3 amide bonds. The molecule has 0 saturated carbocycles. The van der Waals surface area contributed by atoms with Gasteiger partial charge >= 0.3 is 12.0 Å². The number of ether oxygens (including phenoxy) is 3. The average Bonchev–Trinajstić information content (AvgIpc) is 2.86. The highest BCUT2D eigenvalue weighted by Gasteiger charge is 2.39. The third-order valence-corrected chi connectivity index (χ3v) is 6.19. The predicted octanol–water partition coefficient (Wildman–Crippen LogP) is 2.95. The van der Waals surface area contributed by atoms with Crippen molar-refractivity contribution in [2.75, 3.05) is 26.1 Å². The molecule has 2 aromatic carbocycles. The fraction of sp³-hybridized carbons (Fsp3) is 0.400. The summed E-state index contributed by atoms with van der Waals surface area (Å²) in [5.41, 5.74) is 1.85. The molecule has 0 aliphatic carbocycles. The van der Waals surface area contributed by atoms with Gasteiger partial charge in [-0.2, -0.15) is 0 Å². The van der Waals surface area contributed by atoms with Crippen molar-refractivity contribution in [3.05, 3.63) is 59.7 Å². The van der Waals surface area contributed by atoms with Crippen molar-refractivity contribution < 1.29 is 28.6 Å². The van der Waals surface area contributed by atoms with Gasteiger partial charge in [0.15, 0.2) is 0 Å². The minimum Gasteiger partial charge on any atom is -0.490 e. The summed E-state index contributed by atoms with van der Waals surface area (Å²) in [7, 11) is 3.10. The zero-order valence-corrected chi connectivity index (χ0v) is 19.3. The molecule has 34 heavy (non-hydrogen) atoms. The first-order valence-electron chi connectivity index (χ1n) is 11.3. The lowest BCUT2D eigenvalue weighted by Crippen LogP contribution is -2.53. The number of urea groups is 1. The predicted molar refractivity (Wildman–Crippen MR) is 125 cm³/mol. The topological polar surface area (TPSA) is 106 Å². The molecule has 2 heterocycles. The lowest BCUT2D eigenvalue weighted by Gasteiger charge is -2.42. The van der Waals surface area contributed by atoms with Crippen LogP contribution in [0, 0.1) is 0 Å². The number of esters is 1. The van der Waals surface area contributed by atoms with Gasteiger partial charge in [0.25, 0.3) is 5.91 Å². The highest BCUT2D eigenvalue weighted by molar-refractivity contribution is 5.99. The smallest absolute Gasteiger partial charge is 0.319 e. The first kappa shape index (κ1) is 23.6. The lowest BCUT2D eigenvalue weighted by atomic mass is 9.94. The van der Waals surface area contributed by atoms with Gasteiger partial charge in [0.2, 0.25) is 0 Å². The molecule has 0 unspecified atom stereocenters. The van der Waals surface area contributed by atoms with E-state index in [2.05, 4.69) is 10.6 Å². The summed E-state index contributed by atoms with van der Waals surface area (Å²) < 4.78 is 16.8. The molecular weight excluding hydrogens is 438 g/mol. The summed E-state index contributed by atoms with van der Waals surface area (Å²) in [6.45, 7) is 0.639. The van der Waals surface area contributed by atoms with Gasteiger partial charge in [0.1, 0.15) is 18.5 Å². The van der Waals surface area contributed by atoms with Gasteiger partial charge in [-0.3, -0.25) is 9.59 Å². The lowest BCUT2D eigenvalue weighted by molar-refractivity contribution is -0.151. The van der Waals surface area contributed by atoms with Crippen molar-refractivity contribution in [2.45, 2.75) is 44.1 Å². The van der Waals surface area contributed by atoms with Gasteiger partial charge in [-0.1, -0.05) is 30.3 Å². The van der Waals surface area contributed by atoms with Crippen molar-refractivity contribution in [2.24, 2.45) is 0 Å². The number of nitrogens with one attached hydrogen (secondary N) is 2. The van der Waals surface area contributed by atoms with E-state index < -0.39 is 0 Å². The van der Waals surface area contributed by atoms with Crippen molar-refractivity contribution in [3.63, 3.8) is 0 Å². The second-order valence-electron chi connectivity index (χ2n) is 8.45. The Hall–Kier alpha value is -3.59. The van der Waals surface area contributed by atoms with Crippen LogP contribution < -0.4 is 15.4 Å². The molecule has 9 nitrogen and oxygen atoms in total. The van der Waals surface area contributed by atoms with Crippen LogP contribution in [0.5, 0.6) is 5.75 Å². The monoisotopic (exact) mass is 467 g/mol. The Morgan fingerprint density at radius 3 is 2.71 bits per heavy atom. The number of carbonyl (C=O) groups excluding carboxylic acids is 3. The average molecular weight is 468 g/mol. The highest BCUT2D eigenvalue weighted by Crippen LogP contribution is 2.32. The van der Waals surface area contributed by atoms with Crippen LogP contribution in [-0.4, -0.2) is 61.8 Å². The number of methoxy groups -OCH3 is 1. The highest BCUT2D eigenvalue weighted by atomic mass is 16.5. The van der Waals surface area contributed by atoms with Crippen LogP contribution in [0.4, 0.5) is 10.5 Å². The minimum atomic E-state index is -0.367. The molecule has 0 radical (unpaired) electrons. The van der Waals surface area contributed by atoms with Crippen LogP contribution >= 0.6 is 0 Å². The number of anilines is 1. The summed E-state index contributed by atoms with van der Waals surface area (Å²) in [5, 5.41) is 5.58. The van der Waals surface area contributed by atoms with Crippen molar-refractivity contribution in [3.8, 4) is 5.75 Å². The van der Waals surface area contributed by atoms with E-state index in [9.17, 15) is 14.4 Å². The number of hydrogen-bond donors (Lipinski definition) is 2. The number of fused-ring (bicyclic) bond motifs is 2. The molecule has 2 aliphatic rings. The van der Waals surface area contributed by atoms with Gasteiger partial charge in [0, 0.05) is 19.3 Å². The SMILES string of the molecule is COC(=O)C[C@H]1CC[C@H]2[C@@H](COc3ccc(NC(=O)NCc4ccccc4)cc3C(=O)N2C)O1. The molecule has 4 rings (SSSR count). The minimum absolute atomic E-state index is 0.176. The third kappa shape index (κ3) is 5.48. The molecule has 3 atom stereocenters. The number of benzene rings is 2. The number of likely N-dealkylation sites (N-methyl/N-ethyl adjacent to an activating group) is 1. The Morgan fingerprint density at radius 1 is 1.15 bits per heavy atom. The molecule has 0 aromatic heterocycles. The zero-order valence-electron chi connectivity index (χ0n) is 19.3. The van der Waals surface area contributed by atoms with Crippen LogP contribution in [-0.2, 0) is 20.8 Å². The Kier molecular flexibility index (Phi) is 7.32. The summed E-state index contributed by atoms with van der Waals surface area (Å²) in [6, 6.07) is 14.0. The van der Waals surface area contributed by atoms with E-state index in [0.717, 1.165) is 5.56 Å². The van der Waals surface area contributed by atoms with E-state index in [1.54, 1.807) is 30.1 Å². The maximum atomic E-state index is 13.3. The van der Waals surface area contributed by atoms with Crippen molar-refractivity contribution >= 4 is 23.6 Å². The van der Waals surface area contributed by atoms with E-state index in [4.69, 9.17) is 14.2 Å². The zero-order chi connectivity index (χ0) is 24.1. The van der Waals surface area contributed by atoms with E-state index in [-0.39, 0.29) is 49.2 Å². The van der Waals surface area contributed by atoms with Crippen LogP contribution in [0.2, 0.25) is 0 Å². The Balaban J connectivity index is 1.43. The fourth-order valence-corrected chi connectivity index (χ4v) is 4.33. The van der Waals surface area contributed by atoms with Gasteiger partial charge in [-0.15, -0.1) is 0 Å². The van der Waals surface area contributed by atoms with Crippen LogP contribution in [0.3, 0.4) is 0 Å². The number of amides is 3. The second-order valence-corrected chi connectivity index (χ2v) is 8.45. The standard InChI is InChI=1S/C25H29N3O6/c1-28-20-10-9-18(13-23(29)32-2)34-22(20)15-33-21-11-8-17(12-19(21)24(28)30)27-25(31)26-14-16-6-4-3-5-7-16/h3-8,11-12,18,20,22H,9-10,13-15H2,1-2H3,(H2,26,27,31)/t18-,20+,22-/m1/s1. The Bertz CT molecular complexity index is 1040. The molecular formula is C25H29N3O6. The number of rotatable bonds is 5. The normalized spacial score (nSPS) is 21.8. The molecule has 2 aromatic rings. The summed E-state index contributed by atoms with van der Waals surface area (Å²) in [5.74, 6) is -0.116. The largest absolute Gasteiger partial charge is 0.490 e. The maximum absolute atomic E-state index is 13.3. The fourth-order valence-electron chi connectivity index (χ4n) is 4.33. The van der Waals surface area contributed by atoms with Gasteiger partial charge in [-0.05, 0) is 36.6 Å². The van der Waals surface area contributed by atoms with Gasteiger partial charge in [-0.25, -0.2) is 4.79 Å². The molecule has 1 fully saturated rings.